The van der Waals surface area contributed by atoms with Crippen molar-refractivity contribution in [2.75, 3.05) is 25.6 Å². The van der Waals surface area contributed by atoms with E-state index in [9.17, 15) is 4.79 Å². The molecule has 0 saturated heterocycles. The van der Waals surface area contributed by atoms with Crippen LogP contribution in [0.25, 0.3) is 22.6 Å². The first-order chi connectivity index (χ1) is 13.6. The molecule has 2 amide bonds. The highest BCUT2D eigenvalue weighted by Gasteiger charge is 2.17. The van der Waals surface area contributed by atoms with Gasteiger partial charge in [0.2, 0.25) is 6.29 Å². The predicted octanol–water partition coefficient (Wildman–Crippen LogP) is 3.27. The van der Waals surface area contributed by atoms with Crippen LogP contribution in [0.1, 0.15) is 19.0 Å². The topological polar surface area (TPSA) is 111 Å². The van der Waals surface area contributed by atoms with Gasteiger partial charge in [0, 0.05) is 20.3 Å². The van der Waals surface area contributed by atoms with E-state index in [0.717, 1.165) is 0 Å². The van der Waals surface area contributed by atoms with E-state index in [1.807, 2.05) is 6.92 Å². The summed E-state index contributed by atoms with van der Waals surface area (Å²) in [6.45, 7) is 6.27. The van der Waals surface area contributed by atoms with Gasteiger partial charge in [-0.25, -0.2) is 14.8 Å². The Kier molecular flexibility index (Phi) is 6.30. The molecule has 1 unspecified atom stereocenters. The van der Waals surface area contributed by atoms with E-state index in [4.69, 9.17) is 13.9 Å². The van der Waals surface area contributed by atoms with E-state index in [1.54, 1.807) is 43.6 Å². The van der Waals surface area contributed by atoms with Gasteiger partial charge >= 0.3 is 6.03 Å². The summed E-state index contributed by atoms with van der Waals surface area (Å²) in [5, 5.41) is 5.25. The monoisotopic (exact) mass is 383 g/mol. The zero-order valence-corrected chi connectivity index (χ0v) is 15.6. The molecule has 0 bridgehead atoms. The summed E-state index contributed by atoms with van der Waals surface area (Å²) >= 11 is 0. The van der Waals surface area contributed by atoms with Gasteiger partial charge in [0.25, 0.3) is 0 Å². The first kappa shape index (κ1) is 19.5. The van der Waals surface area contributed by atoms with Crippen molar-refractivity contribution in [2.24, 2.45) is 0 Å². The smallest absolute Gasteiger partial charge is 0.320 e. The van der Waals surface area contributed by atoms with Crippen molar-refractivity contribution < 1.29 is 18.7 Å². The Morgan fingerprint density at radius 1 is 1.32 bits per heavy atom. The third-order valence-corrected chi connectivity index (χ3v) is 3.70. The lowest BCUT2D eigenvalue weighted by atomic mass is 10.3. The minimum absolute atomic E-state index is 0.356. The van der Waals surface area contributed by atoms with Crippen LogP contribution in [-0.2, 0) is 9.47 Å². The van der Waals surface area contributed by atoms with Gasteiger partial charge < -0.3 is 19.2 Å². The van der Waals surface area contributed by atoms with Crippen LogP contribution in [0.4, 0.5) is 10.6 Å². The Morgan fingerprint density at radius 3 is 2.93 bits per heavy atom. The number of amides is 2. The molecule has 1 atom stereocenters. The highest BCUT2D eigenvalue weighted by atomic mass is 16.7. The fourth-order valence-electron chi connectivity index (χ4n) is 2.45. The summed E-state index contributed by atoms with van der Waals surface area (Å²) < 4.78 is 16.5. The van der Waals surface area contributed by atoms with Gasteiger partial charge in [-0.3, -0.25) is 10.3 Å². The maximum atomic E-state index is 11.8. The normalized spacial score (nSPS) is 11.9. The largest absolute Gasteiger partial charge is 0.454 e. The van der Waals surface area contributed by atoms with Gasteiger partial charge in [0.15, 0.2) is 17.2 Å². The number of aromatic nitrogens is 3. The Labute approximate surface area is 161 Å². The number of pyridine rings is 1. The molecule has 0 saturated carbocycles. The molecule has 2 N–H and O–H groups in total. The van der Waals surface area contributed by atoms with Crippen LogP contribution in [-0.4, -0.2) is 41.2 Å². The summed E-state index contributed by atoms with van der Waals surface area (Å²) in [4.78, 5) is 24.9. The van der Waals surface area contributed by atoms with E-state index in [2.05, 4.69) is 32.2 Å². The third kappa shape index (κ3) is 4.51. The zero-order chi connectivity index (χ0) is 19.9. The molecule has 9 heteroatoms. The van der Waals surface area contributed by atoms with Crippen LogP contribution in [0.15, 0.2) is 47.5 Å². The van der Waals surface area contributed by atoms with Crippen molar-refractivity contribution >= 4 is 23.0 Å². The number of hydrogen-bond donors (Lipinski definition) is 2. The van der Waals surface area contributed by atoms with Crippen LogP contribution < -0.4 is 10.6 Å². The number of nitrogens with one attached hydrogen (secondary N) is 2. The summed E-state index contributed by atoms with van der Waals surface area (Å²) in [5.74, 6) is 1.40. The first-order valence-corrected chi connectivity index (χ1v) is 8.68. The van der Waals surface area contributed by atoms with E-state index in [-0.39, 0.29) is 6.03 Å². The van der Waals surface area contributed by atoms with Crippen molar-refractivity contribution in [3.8, 4) is 11.5 Å². The number of nitrogens with zero attached hydrogens (tertiary/aromatic N) is 3. The van der Waals surface area contributed by atoms with Gasteiger partial charge in [-0.1, -0.05) is 6.08 Å². The van der Waals surface area contributed by atoms with Crippen molar-refractivity contribution in [3.05, 3.63) is 48.9 Å². The highest BCUT2D eigenvalue weighted by molar-refractivity contribution is 5.89. The van der Waals surface area contributed by atoms with Crippen molar-refractivity contribution in [1.29, 1.82) is 0 Å². The van der Waals surface area contributed by atoms with Crippen LogP contribution >= 0.6 is 0 Å². The number of carbonyl (C=O) groups is 1. The number of methoxy groups -OCH3 is 1. The second-order valence-electron chi connectivity index (χ2n) is 5.64. The predicted molar refractivity (Wildman–Crippen MR) is 104 cm³/mol. The first-order valence-electron chi connectivity index (χ1n) is 8.68. The number of fused-ring (bicyclic) bond motifs is 1. The molecule has 0 aliphatic carbocycles. The molecular formula is C19H21N5O4. The molecule has 0 fully saturated rings. The maximum absolute atomic E-state index is 11.8. The summed E-state index contributed by atoms with van der Waals surface area (Å²) in [5.41, 5.74) is 1.48. The SMILES string of the molecule is C=CCNC(=O)Nc1ccc2ncc(-c3ccc(C(OC)OCC)o3)nc2n1. The third-order valence-electron chi connectivity index (χ3n) is 3.70. The number of rotatable bonds is 8. The van der Waals surface area contributed by atoms with Gasteiger partial charge in [0.1, 0.15) is 17.0 Å². The number of anilines is 1. The molecule has 146 valence electrons. The molecule has 0 spiro atoms. The number of furan rings is 1. The van der Waals surface area contributed by atoms with Crippen LogP contribution in [0.5, 0.6) is 0 Å². The molecule has 3 aromatic heterocycles. The average Bonchev–Trinajstić information content (AvgIpc) is 3.20. The zero-order valence-electron chi connectivity index (χ0n) is 15.6. The molecule has 0 aliphatic heterocycles. The van der Waals surface area contributed by atoms with Crippen LogP contribution in [0, 0.1) is 0 Å². The van der Waals surface area contributed by atoms with E-state index >= 15 is 0 Å². The lowest BCUT2D eigenvalue weighted by molar-refractivity contribution is -0.134. The summed E-state index contributed by atoms with van der Waals surface area (Å²) in [6.07, 6.45) is 2.59. The standard InChI is InChI=1S/C19H21N5O4/c1-4-10-20-19(25)24-16-9-6-12-17(23-16)22-13(11-21-12)14-7-8-15(28-14)18(26-3)27-5-2/h4,6-9,11,18H,1,5,10H2,2-3H3,(H2,20,22,23,24,25). The molecule has 0 aliphatic rings. The fourth-order valence-corrected chi connectivity index (χ4v) is 2.45. The second kappa shape index (κ2) is 9.07. The number of carbonyl (C=O) groups excluding carboxylic acids is 1. The van der Waals surface area contributed by atoms with Gasteiger partial charge in [-0.15, -0.1) is 6.58 Å². The van der Waals surface area contributed by atoms with Crippen molar-refractivity contribution in [2.45, 2.75) is 13.2 Å². The van der Waals surface area contributed by atoms with Crippen LogP contribution in [0.2, 0.25) is 0 Å². The minimum Gasteiger partial charge on any atom is -0.454 e. The quantitative estimate of drug-likeness (QED) is 0.453. The molecule has 28 heavy (non-hydrogen) atoms. The fraction of sp³-hybridized carbons (Fsp3) is 0.263. The van der Waals surface area contributed by atoms with Gasteiger partial charge in [-0.05, 0) is 31.2 Å². The van der Waals surface area contributed by atoms with Crippen molar-refractivity contribution in [3.63, 3.8) is 0 Å². The molecule has 3 heterocycles. The Morgan fingerprint density at radius 2 is 2.18 bits per heavy atom. The highest BCUT2D eigenvalue weighted by Crippen LogP contribution is 2.27. The summed E-state index contributed by atoms with van der Waals surface area (Å²) in [6, 6.07) is 6.53. The minimum atomic E-state index is -0.588. The number of ether oxygens (including phenoxy) is 2. The molecule has 9 nitrogen and oxygen atoms in total. The number of hydrogen-bond acceptors (Lipinski definition) is 7. The molecule has 3 aromatic rings. The Bertz CT molecular complexity index is 972. The Hall–Kier alpha value is -3.30. The molecular weight excluding hydrogens is 362 g/mol. The summed E-state index contributed by atoms with van der Waals surface area (Å²) in [7, 11) is 1.54. The van der Waals surface area contributed by atoms with E-state index < -0.39 is 6.29 Å². The molecule has 0 aromatic carbocycles. The van der Waals surface area contributed by atoms with Gasteiger partial charge in [-0.2, -0.15) is 0 Å². The molecule has 3 rings (SSSR count). The maximum Gasteiger partial charge on any atom is 0.320 e. The lowest BCUT2D eigenvalue weighted by Gasteiger charge is -2.11. The Balaban J connectivity index is 1.84. The average molecular weight is 383 g/mol. The lowest BCUT2D eigenvalue weighted by Crippen LogP contribution is -2.28. The second-order valence-corrected chi connectivity index (χ2v) is 5.64. The van der Waals surface area contributed by atoms with E-state index in [0.29, 0.717) is 47.3 Å². The van der Waals surface area contributed by atoms with Crippen LogP contribution in [0.3, 0.4) is 0 Å². The van der Waals surface area contributed by atoms with E-state index in [1.165, 1.54) is 0 Å². The van der Waals surface area contributed by atoms with Gasteiger partial charge in [0.05, 0.1) is 6.20 Å². The number of urea groups is 1. The van der Waals surface area contributed by atoms with Crippen molar-refractivity contribution in [1.82, 2.24) is 20.3 Å². The molecule has 0 radical (unpaired) electrons.